The summed E-state index contributed by atoms with van der Waals surface area (Å²) in [6.07, 6.45) is 7.70. The van der Waals surface area contributed by atoms with Gasteiger partial charge in [0.15, 0.2) is 0 Å². The fourth-order valence-electron chi connectivity index (χ4n) is 4.22. The summed E-state index contributed by atoms with van der Waals surface area (Å²) in [5.41, 5.74) is 1.10. The highest BCUT2D eigenvalue weighted by molar-refractivity contribution is 5.79. The Kier molecular flexibility index (Phi) is 6.25. The number of amides is 1. The first kappa shape index (κ1) is 18.8. The van der Waals surface area contributed by atoms with E-state index in [1.807, 2.05) is 6.07 Å². The van der Waals surface area contributed by atoms with Crippen LogP contribution in [-0.4, -0.2) is 34.9 Å². The quantitative estimate of drug-likeness (QED) is 0.640. The van der Waals surface area contributed by atoms with E-state index in [4.69, 9.17) is 0 Å². The Labute approximate surface area is 155 Å². The van der Waals surface area contributed by atoms with E-state index >= 15 is 0 Å². The van der Waals surface area contributed by atoms with Crippen LogP contribution in [-0.2, 0) is 4.79 Å². The van der Waals surface area contributed by atoms with E-state index < -0.39 is 0 Å². The van der Waals surface area contributed by atoms with Gasteiger partial charge in [0.2, 0.25) is 5.91 Å². The van der Waals surface area contributed by atoms with Gasteiger partial charge in [-0.2, -0.15) is 0 Å². The second-order valence-corrected chi connectivity index (χ2v) is 7.68. The number of hydrogen-bond acceptors (Lipinski definition) is 4. The van der Waals surface area contributed by atoms with Gasteiger partial charge in [0.25, 0.3) is 5.69 Å². The van der Waals surface area contributed by atoms with Gasteiger partial charge in [0, 0.05) is 30.1 Å². The topological polar surface area (TPSA) is 75.5 Å². The minimum Gasteiger partial charge on any atom is -0.353 e. The average Bonchev–Trinajstić information content (AvgIpc) is 2.68. The van der Waals surface area contributed by atoms with Gasteiger partial charge in [-0.05, 0) is 51.3 Å². The highest BCUT2D eigenvalue weighted by Crippen LogP contribution is 2.29. The SMILES string of the molecule is CC(c1cccc([N+](=O)[O-])c1)N1CCC(C(=O)NC2CCCCC2)CC1. The van der Waals surface area contributed by atoms with Crippen molar-refractivity contribution in [2.45, 2.75) is 64.0 Å². The zero-order valence-electron chi connectivity index (χ0n) is 15.5. The maximum Gasteiger partial charge on any atom is 0.269 e. The first-order valence-corrected chi connectivity index (χ1v) is 9.83. The molecule has 1 saturated carbocycles. The van der Waals surface area contributed by atoms with Crippen LogP contribution in [0.5, 0.6) is 0 Å². The Hall–Kier alpha value is -1.95. The molecule has 1 atom stereocenters. The van der Waals surface area contributed by atoms with Gasteiger partial charge < -0.3 is 5.32 Å². The molecular weight excluding hydrogens is 330 g/mol. The Morgan fingerprint density at radius 2 is 1.88 bits per heavy atom. The fraction of sp³-hybridized carbons (Fsp3) is 0.650. The van der Waals surface area contributed by atoms with Crippen LogP contribution in [0.15, 0.2) is 24.3 Å². The smallest absolute Gasteiger partial charge is 0.269 e. The number of hydrogen-bond donors (Lipinski definition) is 1. The highest BCUT2D eigenvalue weighted by atomic mass is 16.6. The molecule has 6 nitrogen and oxygen atoms in total. The lowest BCUT2D eigenvalue weighted by Crippen LogP contribution is -2.44. The van der Waals surface area contributed by atoms with Crippen molar-refractivity contribution in [2.75, 3.05) is 13.1 Å². The van der Waals surface area contributed by atoms with Gasteiger partial charge in [0.1, 0.15) is 0 Å². The van der Waals surface area contributed by atoms with Crippen molar-refractivity contribution >= 4 is 11.6 Å². The van der Waals surface area contributed by atoms with Crippen LogP contribution in [0, 0.1) is 16.0 Å². The number of nitro groups is 1. The summed E-state index contributed by atoms with van der Waals surface area (Å²) in [7, 11) is 0. The minimum atomic E-state index is -0.349. The zero-order valence-corrected chi connectivity index (χ0v) is 15.5. The number of nitrogens with zero attached hydrogens (tertiary/aromatic N) is 2. The van der Waals surface area contributed by atoms with Crippen molar-refractivity contribution in [3.63, 3.8) is 0 Å². The molecule has 0 aromatic heterocycles. The van der Waals surface area contributed by atoms with Crippen LogP contribution in [0.3, 0.4) is 0 Å². The molecule has 1 N–H and O–H groups in total. The second kappa shape index (κ2) is 8.62. The minimum absolute atomic E-state index is 0.102. The Morgan fingerprint density at radius 3 is 2.54 bits per heavy atom. The third kappa shape index (κ3) is 4.61. The molecule has 1 aromatic rings. The molecule has 0 radical (unpaired) electrons. The number of non-ortho nitro benzene ring substituents is 1. The van der Waals surface area contributed by atoms with Crippen LogP contribution in [0.25, 0.3) is 0 Å². The number of nitrogens with one attached hydrogen (secondary N) is 1. The molecule has 3 rings (SSSR count). The van der Waals surface area contributed by atoms with Crippen molar-refractivity contribution in [3.05, 3.63) is 39.9 Å². The molecule has 6 heteroatoms. The molecule has 2 aliphatic rings. The van der Waals surface area contributed by atoms with Gasteiger partial charge in [-0.15, -0.1) is 0 Å². The summed E-state index contributed by atoms with van der Waals surface area (Å²) in [6.45, 7) is 3.79. The molecule has 1 unspecified atom stereocenters. The molecule has 142 valence electrons. The predicted octanol–water partition coefficient (Wildman–Crippen LogP) is 3.82. The molecule has 1 aliphatic heterocycles. The average molecular weight is 359 g/mol. The lowest BCUT2D eigenvalue weighted by Gasteiger charge is -2.36. The molecule has 1 amide bonds. The lowest BCUT2D eigenvalue weighted by atomic mass is 9.91. The number of carbonyl (C=O) groups is 1. The molecular formula is C20H29N3O3. The van der Waals surface area contributed by atoms with Crippen molar-refractivity contribution < 1.29 is 9.72 Å². The van der Waals surface area contributed by atoms with Gasteiger partial charge in [-0.1, -0.05) is 31.4 Å². The lowest BCUT2D eigenvalue weighted by molar-refractivity contribution is -0.385. The Balaban J connectivity index is 1.52. The molecule has 1 aromatic carbocycles. The summed E-state index contributed by atoms with van der Waals surface area (Å²) in [4.78, 5) is 25.5. The fourth-order valence-corrected chi connectivity index (χ4v) is 4.22. The third-order valence-electron chi connectivity index (χ3n) is 5.96. The first-order chi connectivity index (χ1) is 12.5. The largest absolute Gasteiger partial charge is 0.353 e. The van der Waals surface area contributed by atoms with Gasteiger partial charge >= 0.3 is 0 Å². The molecule has 2 fully saturated rings. The number of likely N-dealkylation sites (tertiary alicyclic amines) is 1. The van der Waals surface area contributed by atoms with E-state index in [9.17, 15) is 14.9 Å². The number of nitro benzene ring substituents is 1. The second-order valence-electron chi connectivity index (χ2n) is 7.68. The molecule has 1 heterocycles. The van der Waals surface area contributed by atoms with E-state index in [0.29, 0.717) is 6.04 Å². The summed E-state index contributed by atoms with van der Waals surface area (Å²) in [5, 5.41) is 14.2. The maximum absolute atomic E-state index is 12.5. The van der Waals surface area contributed by atoms with Gasteiger partial charge in [0.05, 0.1) is 4.92 Å². The summed E-state index contributed by atoms with van der Waals surface area (Å²) >= 11 is 0. The van der Waals surface area contributed by atoms with E-state index in [2.05, 4.69) is 17.1 Å². The van der Waals surface area contributed by atoms with E-state index in [1.54, 1.807) is 12.1 Å². The zero-order chi connectivity index (χ0) is 18.5. The third-order valence-corrected chi connectivity index (χ3v) is 5.96. The van der Waals surface area contributed by atoms with Crippen LogP contribution in [0.2, 0.25) is 0 Å². The monoisotopic (exact) mass is 359 g/mol. The van der Waals surface area contributed by atoms with Crippen LogP contribution in [0.4, 0.5) is 5.69 Å². The molecule has 26 heavy (non-hydrogen) atoms. The summed E-state index contributed by atoms with van der Waals surface area (Å²) < 4.78 is 0. The number of benzene rings is 1. The predicted molar refractivity (Wildman–Crippen MR) is 101 cm³/mol. The molecule has 1 aliphatic carbocycles. The number of carbonyl (C=O) groups excluding carboxylic acids is 1. The van der Waals surface area contributed by atoms with Crippen molar-refractivity contribution in [2.24, 2.45) is 5.92 Å². The van der Waals surface area contributed by atoms with Crippen molar-refractivity contribution in [1.29, 1.82) is 0 Å². The maximum atomic E-state index is 12.5. The molecule has 1 saturated heterocycles. The van der Waals surface area contributed by atoms with Crippen molar-refractivity contribution in [3.8, 4) is 0 Å². The number of rotatable bonds is 5. The van der Waals surface area contributed by atoms with Crippen LogP contribution < -0.4 is 5.32 Å². The summed E-state index contributed by atoms with van der Waals surface area (Å²) in [6, 6.07) is 7.37. The number of piperidine rings is 1. The standard InChI is InChI=1S/C20H29N3O3/c1-15(17-6-5-9-19(14-17)23(25)26)22-12-10-16(11-13-22)20(24)21-18-7-3-2-4-8-18/h5-6,9,14-16,18H,2-4,7-8,10-13H2,1H3,(H,21,24). The first-order valence-electron chi connectivity index (χ1n) is 9.83. The Morgan fingerprint density at radius 1 is 1.19 bits per heavy atom. The van der Waals surface area contributed by atoms with E-state index in [-0.39, 0.29) is 28.5 Å². The van der Waals surface area contributed by atoms with E-state index in [0.717, 1.165) is 44.3 Å². The van der Waals surface area contributed by atoms with Gasteiger partial charge in [-0.25, -0.2) is 0 Å². The van der Waals surface area contributed by atoms with Crippen molar-refractivity contribution in [1.82, 2.24) is 10.2 Å². The Bertz CT molecular complexity index is 635. The molecule has 0 bridgehead atoms. The van der Waals surface area contributed by atoms with E-state index in [1.165, 1.54) is 25.3 Å². The van der Waals surface area contributed by atoms with Crippen LogP contribution in [0.1, 0.15) is 63.5 Å². The normalized spacial score (nSPS) is 21.3. The van der Waals surface area contributed by atoms with Gasteiger partial charge in [-0.3, -0.25) is 19.8 Å². The van der Waals surface area contributed by atoms with Crippen LogP contribution >= 0.6 is 0 Å². The summed E-state index contributed by atoms with van der Waals surface area (Å²) in [5.74, 6) is 0.324. The molecule has 0 spiro atoms. The highest BCUT2D eigenvalue weighted by Gasteiger charge is 2.29.